The van der Waals surface area contributed by atoms with E-state index in [0.717, 1.165) is 27.5 Å². The number of nitrogens with two attached hydrogens (primary N) is 1. The van der Waals surface area contributed by atoms with Gasteiger partial charge in [-0.3, -0.25) is 10.2 Å². The van der Waals surface area contributed by atoms with E-state index >= 15 is 0 Å². The highest BCUT2D eigenvalue weighted by Gasteiger charge is 2.08. The van der Waals surface area contributed by atoms with Crippen LogP contribution in [0.2, 0.25) is 0 Å². The molecule has 0 aliphatic carbocycles. The second-order valence-corrected chi connectivity index (χ2v) is 5.74. The zero-order chi connectivity index (χ0) is 13.1. The Morgan fingerprint density at radius 1 is 1.61 bits per heavy atom. The Hall–Kier alpha value is -1.60. The lowest BCUT2D eigenvalue weighted by Gasteiger charge is -1.99. The Labute approximate surface area is 112 Å². The summed E-state index contributed by atoms with van der Waals surface area (Å²) in [7, 11) is 0. The van der Waals surface area contributed by atoms with Crippen LogP contribution in [0.1, 0.15) is 5.56 Å². The number of aryl methyl sites for hydroxylation is 1. The van der Waals surface area contributed by atoms with Gasteiger partial charge >= 0.3 is 0 Å². The van der Waals surface area contributed by atoms with Crippen LogP contribution >= 0.6 is 23.1 Å². The molecule has 5 nitrogen and oxygen atoms in total. The fourth-order valence-electron chi connectivity index (χ4n) is 1.38. The van der Waals surface area contributed by atoms with Gasteiger partial charge < -0.3 is 11.1 Å². The summed E-state index contributed by atoms with van der Waals surface area (Å²) in [6.07, 6.45) is 0. The Morgan fingerprint density at radius 2 is 2.39 bits per heavy atom. The second-order valence-electron chi connectivity index (χ2n) is 3.69. The fourth-order valence-corrected chi connectivity index (χ4v) is 2.72. The molecule has 1 aromatic heterocycles. The molecule has 0 spiro atoms. The third-order valence-corrected chi connectivity index (χ3v) is 3.80. The van der Waals surface area contributed by atoms with Gasteiger partial charge in [0, 0.05) is 0 Å². The number of benzene rings is 1. The standard InChI is InChI=1S/C11H12N4OS2/c1-6-2-3-7-8(4-6)18-11(14-7)15-9(16)5-17-10(12)13/h2-4H,5H2,1H3,(H3,12,13)(H,14,15,16). The summed E-state index contributed by atoms with van der Waals surface area (Å²) in [5.74, 6) is -0.0735. The number of anilines is 1. The van der Waals surface area contributed by atoms with Crippen molar-refractivity contribution < 1.29 is 4.79 Å². The van der Waals surface area contributed by atoms with Crippen molar-refractivity contribution in [1.29, 1.82) is 5.41 Å². The molecule has 0 aliphatic heterocycles. The van der Waals surface area contributed by atoms with E-state index in [2.05, 4.69) is 10.3 Å². The predicted molar refractivity (Wildman–Crippen MR) is 77.4 cm³/mol. The number of rotatable bonds is 3. The van der Waals surface area contributed by atoms with Crippen molar-refractivity contribution in [2.24, 2.45) is 5.73 Å². The van der Waals surface area contributed by atoms with E-state index in [1.54, 1.807) is 0 Å². The number of thiazole rings is 1. The number of hydrogen-bond donors (Lipinski definition) is 3. The smallest absolute Gasteiger partial charge is 0.236 e. The molecule has 2 rings (SSSR count). The first-order valence-corrected chi connectivity index (χ1v) is 6.98. The van der Waals surface area contributed by atoms with Crippen LogP contribution in [0.5, 0.6) is 0 Å². The maximum Gasteiger partial charge on any atom is 0.236 e. The molecule has 7 heteroatoms. The quantitative estimate of drug-likeness (QED) is 0.593. The fraction of sp³-hybridized carbons (Fsp3) is 0.182. The van der Waals surface area contributed by atoms with Gasteiger partial charge in [-0.1, -0.05) is 29.2 Å². The van der Waals surface area contributed by atoms with Crippen LogP contribution in [0.15, 0.2) is 18.2 Å². The van der Waals surface area contributed by atoms with Crippen molar-refractivity contribution >= 4 is 49.5 Å². The first-order valence-electron chi connectivity index (χ1n) is 5.18. The van der Waals surface area contributed by atoms with Gasteiger partial charge in [-0.25, -0.2) is 4.98 Å². The Bertz CT molecular complexity index is 608. The number of hydrogen-bond acceptors (Lipinski definition) is 5. The molecule has 0 bridgehead atoms. The molecule has 18 heavy (non-hydrogen) atoms. The van der Waals surface area contributed by atoms with E-state index < -0.39 is 0 Å². The molecule has 1 aromatic carbocycles. The lowest BCUT2D eigenvalue weighted by molar-refractivity contribution is -0.113. The average Bonchev–Trinajstić information content (AvgIpc) is 2.67. The molecule has 0 atom stereocenters. The van der Waals surface area contributed by atoms with Gasteiger partial charge in [-0.2, -0.15) is 0 Å². The van der Waals surface area contributed by atoms with Crippen molar-refractivity contribution in [3.63, 3.8) is 0 Å². The maximum atomic E-state index is 11.5. The van der Waals surface area contributed by atoms with Gasteiger partial charge in [-0.05, 0) is 24.6 Å². The minimum Gasteiger partial charge on any atom is -0.379 e. The lowest BCUT2D eigenvalue weighted by Crippen LogP contribution is -2.17. The van der Waals surface area contributed by atoms with Gasteiger partial charge in [0.25, 0.3) is 0 Å². The van der Waals surface area contributed by atoms with Crippen molar-refractivity contribution in [3.8, 4) is 0 Å². The highest BCUT2D eigenvalue weighted by molar-refractivity contribution is 8.14. The highest BCUT2D eigenvalue weighted by Crippen LogP contribution is 2.26. The van der Waals surface area contributed by atoms with Crippen molar-refractivity contribution in [2.75, 3.05) is 11.1 Å². The molecule has 0 aliphatic rings. The third-order valence-electron chi connectivity index (χ3n) is 2.15. The lowest BCUT2D eigenvalue weighted by atomic mass is 10.2. The first kappa shape index (κ1) is 12.8. The van der Waals surface area contributed by atoms with Crippen molar-refractivity contribution in [1.82, 2.24) is 4.98 Å². The number of amides is 1. The largest absolute Gasteiger partial charge is 0.379 e. The number of amidine groups is 1. The zero-order valence-corrected chi connectivity index (χ0v) is 11.3. The van der Waals surface area contributed by atoms with Crippen molar-refractivity contribution in [3.05, 3.63) is 23.8 Å². The van der Waals surface area contributed by atoms with E-state index in [1.165, 1.54) is 11.3 Å². The number of carbonyl (C=O) groups is 1. The minimum atomic E-state index is -0.203. The van der Waals surface area contributed by atoms with E-state index in [1.807, 2.05) is 25.1 Å². The van der Waals surface area contributed by atoms with Crippen LogP contribution in [0.25, 0.3) is 10.2 Å². The SMILES string of the molecule is Cc1ccc2nc(NC(=O)CSC(=N)N)sc2c1. The van der Waals surface area contributed by atoms with Crippen LogP contribution < -0.4 is 11.1 Å². The van der Waals surface area contributed by atoms with E-state index in [0.29, 0.717) is 5.13 Å². The van der Waals surface area contributed by atoms with Crippen LogP contribution in [0, 0.1) is 12.3 Å². The minimum absolute atomic E-state index is 0.0647. The highest BCUT2D eigenvalue weighted by atomic mass is 32.2. The molecule has 0 radical (unpaired) electrons. The van der Waals surface area contributed by atoms with E-state index in [9.17, 15) is 4.79 Å². The molecule has 0 saturated carbocycles. The molecular formula is C11H12N4OS2. The molecule has 1 amide bonds. The molecule has 0 saturated heterocycles. The van der Waals surface area contributed by atoms with Crippen LogP contribution in [-0.4, -0.2) is 21.8 Å². The van der Waals surface area contributed by atoms with Gasteiger partial charge in [0.15, 0.2) is 10.3 Å². The summed E-state index contributed by atoms with van der Waals surface area (Å²) in [5, 5.41) is 10.2. The van der Waals surface area contributed by atoms with Crippen LogP contribution in [-0.2, 0) is 4.79 Å². The normalized spacial score (nSPS) is 10.5. The molecule has 1 heterocycles. The number of aromatic nitrogens is 1. The van der Waals surface area contributed by atoms with Gasteiger partial charge in [0.1, 0.15) is 0 Å². The second kappa shape index (κ2) is 5.36. The van der Waals surface area contributed by atoms with E-state index in [-0.39, 0.29) is 16.8 Å². The molecule has 2 aromatic rings. The molecule has 4 N–H and O–H groups in total. The summed E-state index contributed by atoms with van der Waals surface area (Å²) in [6.45, 7) is 2.01. The van der Waals surface area contributed by atoms with Gasteiger partial charge in [-0.15, -0.1) is 0 Å². The molecular weight excluding hydrogens is 268 g/mol. The average molecular weight is 280 g/mol. The summed E-state index contributed by atoms with van der Waals surface area (Å²) >= 11 is 2.43. The monoisotopic (exact) mass is 280 g/mol. The molecule has 0 unspecified atom stereocenters. The van der Waals surface area contributed by atoms with E-state index in [4.69, 9.17) is 11.1 Å². The number of thioether (sulfide) groups is 1. The predicted octanol–water partition coefficient (Wildman–Crippen LogP) is 2.17. The van der Waals surface area contributed by atoms with Gasteiger partial charge in [0.05, 0.1) is 16.0 Å². The summed E-state index contributed by atoms with van der Waals surface area (Å²) < 4.78 is 1.05. The number of carbonyl (C=O) groups excluding carboxylic acids is 1. The summed E-state index contributed by atoms with van der Waals surface area (Å²) in [4.78, 5) is 15.9. The Morgan fingerprint density at radius 3 is 3.11 bits per heavy atom. The third kappa shape index (κ3) is 3.21. The molecule has 0 fully saturated rings. The van der Waals surface area contributed by atoms with Crippen LogP contribution in [0.3, 0.4) is 0 Å². The first-order chi connectivity index (χ1) is 8.54. The Balaban J connectivity index is 2.07. The van der Waals surface area contributed by atoms with Crippen LogP contribution in [0.4, 0.5) is 5.13 Å². The summed E-state index contributed by atoms with van der Waals surface area (Å²) in [5.41, 5.74) is 7.20. The number of fused-ring (bicyclic) bond motifs is 1. The maximum absolute atomic E-state index is 11.5. The zero-order valence-electron chi connectivity index (χ0n) is 9.69. The van der Waals surface area contributed by atoms with Gasteiger partial charge in [0.2, 0.25) is 5.91 Å². The van der Waals surface area contributed by atoms with Crippen molar-refractivity contribution in [2.45, 2.75) is 6.92 Å². The number of nitrogens with one attached hydrogen (secondary N) is 2. The number of nitrogens with zero attached hydrogens (tertiary/aromatic N) is 1. The topological polar surface area (TPSA) is 91.9 Å². The Kier molecular flexibility index (Phi) is 3.83. The molecule has 94 valence electrons. The summed E-state index contributed by atoms with van der Waals surface area (Å²) in [6, 6.07) is 5.95.